The Morgan fingerprint density at radius 2 is 2.29 bits per heavy atom. The SMILES string of the molecule is CCc1nn(C)cc1-c1nc(O)c(I)c(=O)[nH]1. The van der Waals surface area contributed by atoms with Crippen molar-refractivity contribution in [3.63, 3.8) is 0 Å². The lowest BCUT2D eigenvalue weighted by molar-refractivity contribution is 0.447. The monoisotopic (exact) mass is 346 g/mol. The van der Waals surface area contributed by atoms with Crippen LogP contribution in [0.25, 0.3) is 11.4 Å². The van der Waals surface area contributed by atoms with Crippen LogP contribution < -0.4 is 5.56 Å². The van der Waals surface area contributed by atoms with Gasteiger partial charge < -0.3 is 10.1 Å². The summed E-state index contributed by atoms with van der Waals surface area (Å²) in [4.78, 5) is 18.1. The number of nitrogens with one attached hydrogen (secondary N) is 1. The second kappa shape index (κ2) is 4.47. The molecule has 0 spiro atoms. The summed E-state index contributed by atoms with van der Waals surface area (Å²) in [5, 5.41) is 13.8. The molecule has 7 heteroatoms. The number of hydrogen-bond acceptors (Lipinski definition) is 4. The van der Waals surface area contributed by atoms with E-state index >= 15 is 0 Å². The van der Waals surface area contributed by atoms with Crippen LogP contribution in [0, 0.1) is 3.57 Å². The van der Waals surface area contributed by atoms with Gasteiger partial charge in [0.1, 0.15) is 9.39 Å². The third-order valence-electron chi connectivity index (χ3n) is 2.34. The van der Waals surface area contributed by atoms with Gasteiger partial charge in [-0.1, -0.05) is 6.92 Å². The summed E-state index contributed by atoms with van der Waals surface area (Å²) < 4.78 is 1.84. The molecule has 0 saturated heterocycles. The van der Waals surface area contributed by atoms with E-state index in [-0.39, 0.29) is 15.0 Å². The smallest absolute Gasteiger partial charge is 0.268 e. The molecule has 0 aliphatic carbocycles. The van der Waals surface area contributed by atoms with Gasteiger partial charge in [0.25, 0.3) is 5.56 Å². The van der Waals surface area contributed by atoms with E-state index in [1.54, 1.807) is 40.5 Å². The molecule has 6 nitrogen and oxygen atoms in total. The number of nitrogens with zero attached hydrogens (tertiary/aromatic N) is 3. The van der Waals surface area contributed by atoms with Crippen LogP contribution in [0.2, 0.25) is 0 Å². The highest BCUT2D eigenvalue weighted by atomic mass is 127. The first-order valence-electron chi connectivity index (χ1n) is 5.04. The first-order chi connectivity index (χ1) is 8.02. The molecule has 0 radical (unpaired) electrons. The minimum atomic E-state index is -0.348. The van der Waals surface area contributed by atoms with Gasteiger partial charge in [0.15, 0.2) is 0 Å². The van der Waals surface area contributed by atoms with Crippen molar-refractivity contribution in [3.8, 4) is 17.3 Å². The molecule has 0 aliphatic rings. The fraction of sp³-hybridized carbons (Fsp3) is 0.300. The molecule has 0 unspecified atom stereocenters. The molecular formula is C10H11IN4O2. The predicted octanol–water partition coefficient (Wildman–Crippen LogP) is 1.04. The van der Waals surface area contributed by atoms with Crippen molar-refractivity contribution in [1.82, 2.24) is 19.7 Å². The van der Waals surface area contributed by atoms with E-state index in [1.165, 1.54) is 0 Å². The third kappa shape index (κ3) is 2.19. The Hall–Kier alpha value is -1.38. The number of H-pyrrole nitrogens is 1. The molecule has 2 rings (SSSR count). The first-order valence-corrected chi connectivity index (χ1v) is 6.12. The minimum Gasteiger partial charge on any atom is -0.492 e. The molecule has 17 heavy (non-hydrogen) atoms. The summed E-state index contributed by atoms with van der Waals surface area (Å²) in [6.45, 7) is 1.97. The number of aromatic hydroxyl groups is 1. The van der Waals surface area contributed by atoms with Crippen molar-refractivity contribution in [1.29, 1.82) is 0 Å². The number of aromatic nitrogens is 4. The summed E-state index contributed by atoms with van der Waals surface area (Å²) in [7, 11) is 1.80. The largest absolute Gasteiger partial charge is 0.492 e. The number of rotatable bonds is 2. The lowest BCUT2D eigenvalue weighted by atomic mass is 10.2. The number of aromatic amines is 1. The van der Waals surface area contributed by atoms with E-state index in [2.05, 4.69) is 15.1 Å². The zero-order valence-electron chi connectivity index (χ0n) is 9.36. The maximum Gasteiger partial charge on any atom is 0.268 e. The molecule has 2 heterocycles. The van der Waals surface area contributed by atoms with Gasteiger partial charge in [0.05, 0.1) is 11.3 Å². The van der Waals surface area contributed by atoms with Crippen LogP contribution in [0.5, 0.6) is 5.88 Å². The third-order valence-corrected chi connectivity index (χ3v) is 3.31. The molecule has 0 saturated carbocycles. The van der Waals surface area contributed by atoms with Gasteiger partial charge in [-0.25, -0.2) is 0 Å². The van der Waals surface area contributed by atoms with Crippen LogP contribution in [-0.2, 0) is 13.5 Å². The van der Waals surface area contributed by atoms with Gasteiger partial charge in [0, 0.05) is 13.2 Å². The maximum atomic E-state index is 11.6. The Morgan fingerprint density at radius 3 is 2.88 bits per heavy atom. The molecule has 0 bridgehead atoms. The lowest BCUT2D eigenvalue weighted by Gasteiger charge is -2.01. The van der Waals surface area contributed by atoms with E-state index in [9.17, 15) is 9.90 Å². The van der Waals surface area contributed by atoms with Gasteiger partial charge in [-0.15, -0.1) is 0 Å². The highest BCUT2D eigenvalue weighted by molar-refractivity contribution is 14.1. The molecular weight excluding hydrogens is 335 g/mol. The zero-order chi connectivity index (χ0) is 12.6. The Bertz CT molecular complexity index is 617. The van der Waals surface area contributed by atoms with Gasteiger partial charge in [-0.2, -0.15) is 10.1 Å². The molecule has 90 valence electrons. The van der Waals surface area contributed by atoms with Crippen molar-refractivity contribution < 1.29 is 5.11 Å². The Kier molecular flexibility index (Phi) is 3.18. The van der Waals surface area contributed by atoms with E-state index in [0.717, 1.165) is 17.7 Å². The average molecular weight is 346 g/mol. The van der Waals surface area contributed by atoms with E-state index in [4.69, 9.17) is 0 Å². The standard InChI is InChI=1S/C10H11IN4O2/c1-3-6-5(4-15(2)14-6)8-12-9(16)7(11)10(17)13-8/h4H,3H2,1-2H3,(H2,12,13,16,17). The van der Waals surface area contributed by atoms with Crippen LogP contribution >= 0.6 is 22.6 Å². The fourth-order valence-electron chi connectivity index (χ4n) is 1.57. The van der Waals surface area contributed by atoms with E-state index < -0.39 is 0 Å². The number of aryl methyl sites for hydroxylation is 2. The quantitative estimate of drug-likeness (QED) is 0.796. The summed E-state index contributed by atoms with van der Waals surface area (Å²) in [6, 6.07) is 0. The second-order valence-electron chi connectivity index (χ2n) is 3.57. The summed E-state index contributed by atoms with van der Waals surface area (Å²) in [5.74, 6) is 0.0909. The van der Waals surface area contributed by atoms with Crippen molar-refractivity contribution in [2.45, 2.75) is 13.3 Å². The topological polar surface area (TPSA) is 83.8 Å². The van der Waals surface area contributed by atoms with Crippen LogP contribution in [0.15, 0.2) is 11.0 Å². The highest BCUT2D eigenvalue weighted by Crippen LogP contribution is 2.21. The Labute approximate surface area is 111 Å². The molecule has 0 aliphatic heterocycles. The number of halogens is 1. The molecule has 0 fully saturated rings. The van der Waals surface area contributed by atoms with Gasteiger partial charge in [-0.3, -0.25) is 9.48 Å². The molecule has 0 atom stereocenters. The molecule has 0 aromatic carbocycles. The van der Waals surface area contributed by atoms with Crippen LogP contribution in [-0.4, -0.2) is 24.9 Å². The summed E-state index contributed by atoms with van der Waals surface area (Å²) in [6.07, 6.45) is 2.50. The highest BCUT2D eigenvalue weighted by Gasteiger charge is 2.14. The zero-order valence-corrected chi connectivity index (χ0v) is 11.5. The van der Waals surface area contributed by atoms with Gasteiger partial charge in [-0.05, 0) is 29.0 Å². The summed E-state index contributed by atoms with van der Waals surface area (Å²) >= 11 is 1.75. The maximum absolute atomic E-state index is 11.6. The molecule has 2 aromatic heterocycles. The van der Waals surface area contributed by atoms with Crippen molar-refractivity contribution in [2.75, 3.05) is 0 Å². The number of hydrogen-bond donors (Lipinski definition) is 2. The lowest BCUT2D eigenvalue weighted by Crippen LogP contribution is -2.12. The fourth-order valence-corrected chi connectivity index (χ4v) is 1.82. The van der Waals surface area contributed by atoms with Crippen molar-refractivity contribution >= 4 is 22.6 Å². The van der Waals surface area contributed by atoms with Crippen molar-refractivity contribution in [2.24, 2.45) is 7.05 Å². The minimum absolute atomic E-state index is 0.188. The van der Waals surface area contributed by atoms with E-state index in [1.807, 2.05) is 6.92 Å². The average Bonchev–Trinajstić information content (AvgIpc) is 2.66. The Balaban J connectivity index is 2.64. The van der Waals surface area contributed by atoms with Crippen LogP contribution in [0.4, 0.5) is 0 Å². The Morgan fingerprint density at radius 1 is 1.59 bits per heavy atom. The molecule has 2 N–H and O–H groups in total. The second-order valence-corrected chi connectivity index (χ2v) is 4.65. The summed E-state index contributed by atoms with van der Waals surface area (Å²) in [5.41, 5.74) is 1.22. The van der Waals surface area contributed by atoms with Gasteiger partial charge in [0.2, 0.25) is 5.88 Å². The molecule has 0 amide bonds. The first kappa shape index (κ1) is 12.1. The van der Waals surface area contributed by atoms with Gasteiger partial charge >= 0.3 is 0 Å². The molecule has 2 aromatic rings. The van der Waals surface area contributed by atoms with Crippen LogP contribution in [0.3, 0.4) is 0 Å². The predicted molar refractivity (Wildman–Crippen MR) is 70.8 cm³/mol. The van der Waals surface area contributed by atoms with Crippen LogP contribution in [0.1, 0.15) is 12.6 Å². The van der Waals surface area contributed by atoms with E-state index in [0.29, 0.717) is 5.82 Å². The van der Waals surface area contributed by atoms with Crippen molar-refractivity contribution in [3.05, 3.63) is 25.8 Å². The normalized spacial score (nSPS) is 10.8.